The van der Waals surface area contributed by atoms with Crippen LogP contribution in [0.25, 0.3) is 0 Å². The molecule has 1 aliphatic rings. The Morgan fingerprint density at radius 2 is 1.71 bits per heavy atom. The minimum absolute atomic E-state index is 0. The minimum Gasteiger partial charge on any atom is -0.381 e. The number of hydrogen-bond donors (Lipinski definition) is 2. The predicted molar refractivity (Wildman–Crippen MR) is 118 cm³/mol. The smallest absolute Gasteiger partial charge is 0.191 e. The lowest BCUT2D eigenvalue weighted by Crippen LogP contribution is -2.48. The van der Waals surface area contributed by atoms with Gasteiger partial charge in [0, 0.05) is 38.8 Å². The molecule has 0 bridgehead atoms. The van der Waals surface area contributed by atoms with Gasteiger partial charge in [0.05, 0.1) is 0 Å². The zero-order valence-corrected chi connectivity index (χ0v) is 18.2. The van der Waals surface area contributed by atoms with E-state index >= 15 is 0 Å². The lowest BCUT2D eigenvalue weighted by molar-refractivity contribution is 0.0513. The lowest BCUT2D eigenvalue weighted by atomic mass is 9.74. The summed E-state index contributed by atoms with van der Waals surface area (Å²) in [5, 5.41) is 6.55. The average Bonchev–Trinajstić information content (AvgIpc) is 2.69. The number of guanidine groups is 1. The monoisotopic (exact) mass is 501 g/mol. The molecule has 0 radical (unpaired) electrons. The molecular formula is C21H26F2IN3O. The molecule has 152 valence electrons. The number of nitrogens with one attached hydrogen (secondary N) is 2. The van der Waals surface area contributed by atoms with Crippen molar-refractivity contribution < 1.29 is 13.5 Å². The molecule has 2 aromatic carbocycles. The van der Waals surface area contributed by atoms with Gasteiger partial charge in [-0.3, -0.25) is 4.99 Å². The summed E-state index contributed by atoms with van der Waals surface area (Å²) in [5.74, 6) is 0.137. The molecule has 0 atom stereocenters. The number of aliphatic imine (C=N–C) groups is 1. The van der Waals surface area contributed by atoms with Gasteiger partial charge in [0.2, 0.25) is 0 Å². The maximum atomic E-state index is 13.8. The molecule has 1 saturated heterocycles. The van der Waals surface area contributed by atoms with Crippen LogP contribution in [0.1, 0.15) is 24.0 Å². The van der Waals surface area contributed by atoms with Crippen molar-refractivity contribution in [2.45, 2.75) is 24.8 Å². The van der Waals surface area contributed by atoms with E-state index in [0.29, 0.717) is 32.3 Å². The zero-order chi connectivity index (χ0) is 19.1. The fraction of sp³-hybridized carbons (Fsp3) is 0.381. The number of nitrogens with zero attached hydrogens (tertiary/aromatic N) is 1. The highest BCUT2D eigenvalue weighted by Gasteiger charge is 2.34. The first-order valence-electron chi connectivity index (χ1n) is 9.14. The molecule has 1 fully saturated rings. The van der Waals surface area contributed by atoms with Crippen molar-refractivity contribution in [3.63, 3.8) is 0 Å². The number of hydrogen-bond acceptors (Lipinski definition) is 2. The predicted octanol–water partition coefficient (Wildman–Crippen LogP) is 4.00. The van der Waals surface area contributed by atoms with Crippen molar-refractivity contribution in [2.75, 3.05) is 26.8 Å². The van der Waals surface area contributed by atoms with E-state index in [1.807, 2.05) is 12.1 Å². The maximum absolute atomic E-state index is 13.8. The molecule has 0 spiro atoms. The Bertz CT molecular complexity index is 795. The third-order valence-corrected chi connectivity index (χ3v) is 5.05. The molecule has 2 N–H and O–H groups in total. The van der Waals surface area contributed by atoms with Gasteiger partial charge in [-0.05, 0) is 48.2 Å². The SMILES string of the molecule is CN=C(NCc1cccc(F)c1)NCC1(c2cccc(F)c2)CCOCC1.I. The van der Waals surface area contributed by atoms with E-state index in [9.17, 15) is 8.78 Å². The third-order valence-electron chi connectivity index (χ3n) is 5.05. The van der Waals surface area contributed by atoms with E-state index in [0.717, 1.165) is 24.0 Å². The van der Waals surface area contributed by atoms with Gasteiger partial charge in [0.1, 0.15) is 11.6 Å². The third kappa shape index (κ3) is 5.88. The van der Waals surface area contributed by atoms with Crippen LogP contribution in [-0.4, -0.2) is 32.8 Å². The topological polar surface area (TPSA) is 45.7 Å². The molecule has 0 amide bonds. The number of ether oxygens (including phenoxy) is 1. The fourth-order valence-corrected chi connectivity index (χ4v) is 3.45. The Morgan fingerprint density at radius 1 is 1.04 bits per heavy atom. The van der Waals surface area contributed by atoms with Gasteiger partial charge in [0.25, 0.3) is 0 Å². The van der Waals surface area contributed by atoms with E-state index in [4.69, 9.17) is 4.74 Å². The molecule has 7 heteroatoms. The molecule has 2 aromatic rings. The zero-order valence-electron chi connectivity index (χ0n) is 15.9. The van der Waals surface area contributed by atoms with E-state index in [1.165, 1.54) is 18.2 Å². The first-order valence-corrected chi connectivity index (χ1v) is 9.14. The van der Waals surface area contributed by atoms with Crippen LogP contribution in [0.4, 0.5) is 8.78 Å². The quantitative estimate of drug-likeness (QED) is 0.370. The Balaban J connectivity index is 0.00000280. The van der Waals surface area contributed by atoms with Crippen LogP contribution in [0.3, 0.4) is 0 Å². The van der Waals surface area contributed by atoms with Crippen LogP contribution >= 0.6 is 24.0 Å². The highest BCUT2D eigenvalue weighted by atomic mass is 127. The van der Waals surface area contributed by atoms with E-state index < -0.39 is 0 Å². The Hall–Kier alpha value is -1.74. The van der Waals surface area contributed by atoms with Crippen LogP contribution in [0.5, 0.6) is 0 Å². The second-order valence-corrected chi connectivity index (χ2v) is 6.81. The largest absolute Gasteiger partial charge is 0.381 e. The van der Waals surface area contributed by atoms with Gasteiger partial charge in [0.15, 0.2) is 5.96 Å². The lowest BCUT2D eigenvalue weighted by Gasteiger charge is -2.38. The summed E-state index contributed by atoms with van der Waals surface area (Å²) < 4.78 is 32.6. The Labute approximate surface area is 181 Å². The second-order valence-electron chi connectivity index (χ2n) is 6.81. The molecule has 1 heterocycles. The minimum atomic E-state index is -0.260. The van der Waals surface area contributed by atoms with E-state index in [2.05, 4.69) is 15.6 Å². The Morgan fingerprint density at radius 3 is 2.36 bits per heavy atom. The standard InChI is InChI=1S/C21H25F2N3O.HI/c1-24-20(25-14-16-4-2-6-18(22)12-16)26-15-21(8-10-27-11-9-21)17-5-3-7-19(23)13-17;/h2-7,12-13H,8-11,14-15H2,1H3,(H2,24,25,26);1H. The summed E-state index contributed by atoms with van der Waals surface area (Å²) in [6.45, 7) is 2.37. The number of halogens is 3. The van der Waals surface area contributed by atoms with Crippen molar-refractivity contribution in [1.29, 1.82) is 0 Å². The van der Waals surface area contributed by atoms with Gasteiger partial charge in [-0.25, -0.2) is 8.78 Å². The summed E-state index contributed by atoms with van der Waals surface area (Å²) in [5.41, 5.74) is 1.60. The normalized spacial score (nSPS) is 16.2. The molecular weight excluding hydrogens is 475 g/mol. The average molecular weight is 501 g/mol. The molecule has 3 rings (SSSR count). The van der Waals surface area contributed by atoms with Crippen LogP contribution < -0.4 is 10.6 Å². The van der Waals surface area contributed by atoms with Gasteiger partial charge in [-0.15, -0.1) is 24.0 Å². The maximum Gasteiger partial charge on any atom is 0.191 e. The van der Waals surface area contributed by atoms with E-state index in [1.54, 1.807) is 25.2 Å². The number of rotatable bonds is 5. The Kier molecular flexibility index (Phi) is 8.62. The molecule has 28 heavy (non-hydrogen) atoms. The van der Waals surface area contributed by atoms with Crippen LogP contribution in [0, 0.1) is 11.6 Å². The summed E-state index contributed by atoms with van der Waals surface area (Å²) in [4.78, 5) is 4.25. The highest BCUT2D eigenvalue weighted by molar-refractivity contribution is 14.0. The van der Waals surface area contributed by atoms with Crippen LogP contribution in [0.2, 0.25) is 0 Å². The number of benzene rings is 2. The second kappa shape index (κ2) is 10.7. The van der Waals surface area contributed by atoms with Crippen molar-refractivity contribution >= 4 is 29.9 Å². The molecule has 0 unspecified atom stereocenters. The van der Waals surface area contributed by atoms with Crippen LogP contribution in [-0.2, 0) is 16.7 Å². The van der Waals surface area contributed by atoms with Gasteiger partial charge >= 0.3 is 0 Å². The first-order chi connectivity index (χ1) is 13.1. The molecule has 0 saturated carbocycles. The first kappa shape index (κ1) is 22.5. The summed E-state index contributed by atoms with van der Waals surface area (Å²) in [7, 11) is 1.69. The highest BCUT2D eigenvalue weighted by Crippen LogP contribution is 2.34. The fourth-order valence-electron chi connectivity index (χ4n) is 3.45. The summed E-state index contributed by atoms with van der Waals surface area (Å²) in [6, 6.07) is 13.2. The van der Waals surface area contributed by atoms with Crippen molar-refractivity contribution in [1.82, 2.24) is 10.6 Å². The van der Waals surface area contributed by atoms with Gasteiger partial charge in [-0.1, -0.05) is 24.3 Å². The molecule has 1 aliphatic heterocycles. The van der Waals surface area contributed by atoms with Gasteiger partial charge in [-0.2, -0.15) is 0 Å². The summed E-state index contributed by atoms with van der Waals surface area (Å²) >= 11 is 0. The van der Waals surface area contributed by atoms with Crippen molar-refractivity contribution in [3.8, 4) is 0 Å². The molecule has 0 aromatic heterocycles. The van der Waals surface area contributed by atoms with Crippen molar-refractivity contribution in [3.05, 3.63) is 71.3 Å². The van der Waals surface area contributed by atoms with Gasteiger partial charge < -0.3 is 15.4 Å². The summed E-state index contributed by atoms with van der Waals surface area (Å²) in [6.07, 6.45) is 1.62. The van der Waals surface area contributed by atoms with Crippen LogP contribution in [0.15, 0.2) is 53.5 Å². The molecule has 0 aliphatic carbocycles. The van der Waals surface area contributed by atoms with Crippen molar-refractivity contribution in [2.24, 2.45) is 4.99 Å². The van der Waals surface area contributed by atoms with E-state index in [-0.39, 0.29) is 41.0 Å². The molecule has 4 nitrogen and oxygen atoms in total.